The Bertz CT molecular complexity index is 528. The highest BCUT2D eigenvalue weighted by molar-refractivity contribution is 5.70. The van der Waals surface area contributed by atoms with Crippen LogP contribution in [0.2, 0.25) is 0 Å². The van der Waals surface area contributed by atoms with Gasteiger partial charge in [-0.2, -0.15) is 0 Å². The van der Waals surface area contributed by atoms with Crippen LogP contribution >= 0.6 is 0 Å². The molecule has 2 aromatic heterocycles. The lowest BCUT2D eigenvalue weighted by atomic mass is 10.00. The van der Waals surface area contributed by atoms with E-state index in [4.69, 9.17) is 10.5 Å². The zero-order valence-corrected chi connectivity index (χ0v) is 9.16. The Morgan fingerprint density at radius 1 is 1.44 bits per heavy atom. The first-order valence-corrected chi connectivity index (χ1v) is 5.38. The largest absolute Gasteiger partial charge is 0.379 e. The average molecular weight is 218 g/mol. The molecule has 0 aliphatic carbocycles. The highest BCUT2D eigenvalue weighted by Crippen LogP contribution is 2.26. The van der Waals surface area contributed by atoms with E-state index in [1.165, 1.54) is 0 Å². The van der Waals surface area contributed by atoms with Crippen molar-refractivity contribution in [2.45, 2.75) is 18.9 Å². The van der Waals surface area contributed by atoms with Gasteiger partial charge < -0.3 is 15.5 Å². The molecule has 1 aliphatic heterocycles. The second-order valence-electron chi connectivity index (χ2n) is 4.37. The number of fused-ring (bicyclic) bond motifs is 1. The lowest BCUT2D eigenvalue weighted by Gasteiger charge is -2.17. The Kier molecular flexibility index (Phi) is 1.99. The smallest absolute Gasteiger partial charge is 0.178 e. The minimum atomic E-state index is -0.478. The van der Waals surface area contributed by atoms with Crippen LogP contribution in [0.15, 0.2) is 12.1 Å². The van der Waals surface area contributed by atoms with Crippen molar-refractivity contribution in [2.75, 3.05) is 13.2 Å². The lowest BCUT2D eigenvalue weighted by Crippen LogP contribution is -2.38. The minimum absolute atomic E-state index is 0.478. The molecule has 16 heavy (non-hydrogen) atoms. The SMILES string of the molecule is Cc1ccc2[nH]c(C3(N)CCOC3)nc2n1. The summed E-state index contributed by atoms with van der Waals surface area (Å²) in [5.74, 6) is 0.776. The predicted molar refractivity (Wildman–Crippen MR) is 59.9 cm³/mol. The van der Waals surface area contributed by atoms with Crippen LogP contribution in [-0.4, -0.2) is 28.2 Å². The second-order valence-corrected chi connectivity index (χ2v) is 4.37. The van der Waals surface area contributed by atoms with Crippen LogP contribution in [-0.2, 0) is 10.3 Å². The van der Waals surface area contributed by atoms with E-state index in [1.54, 1.807) is 0 Å². The molecular formula is C11H14N4O. The third-order valence-electron chi connectivity index (χ3n) is 3.01. The maximum Gasteiger partial charge on any atom is 0.178 e. The molecule has 0 amide bonds. The molecule has 1 saturated heterocycles. The van der Waals surface area contributed by atoms with Crippen molar-refractivity contribution in [3.63, 3.8) is 0 Å². The number of aryl methyl sites for hydroxylation is 1. The van der Waals surface area contributed by atoms with E-state index in [1.807, 2.05) is 19.1 Å². The Morgan fingerprint density at radius 3 is 3.06 bits per heavy atom. The van der Waals surface area contributed by atoms with Crippen LogP contribution in [0.5, 0.6) is 0 Å². The van der Waals surface area contributed by atoms with Gasteiger partial charge in [-0.3, -0.25) is 0 Å². The number of ether oxygens (including phenoxy) is 1. The van der Waals surface area contributed by atoms with E-state index in [-0.39, 0.29) is 0 Å². The minimum Gasteiger partial charge on any atom is -0.379 e. The highest BCUT2D eigenvalue weighted by atomic mass is 16.5. The molecule has 0 spiro atoms. The molecule has 0 radical (unpaired) electrons. The maximum absolute atomic E-state index is 6.24. The summed E-state index contributed by atoms with van der Waals surface area (Å²) in [6.45, 7) is 3.16. The molecule has 3 rings (SSSR count). The van der Waals surface area contributed by atoms with E-state index < -0.39 is 5.54 Å². The van der Waals surface area contributed by atoms with Crippen LogP contribution in [0.4, 0.5) is 0 Å². The molecule has 0 aromatic carbocycles. The molecule has 1 aliphatic rings. The van der Waals surface area contributed by atoms with E-state index >= 15 is 0 Å². The van der Waals surface area contributed by atoms with Gasteiger partial charge in [0.25, 0.3) is 0 Å². The maximum atomic E-state index is 6.24. The third-order valence-corrected chi connectivity index (χ3v) is 3.01. The van der Waals surface area contributed by atoms with E-state index in [2.05, 4.69) is 15.0 Å². The molecule has 5 heteroatoms. The Labute approximate surface area is 93.0 Å². The molecule has 84 valence electrons. The first-order chi connectivity index (χ1) is 7.67. The normalized spacial score (nSPS) is 25.4. The molecule has 0 saturated carbocycles. The summed E-state index contributed by atoms with van der Waals surface area (Å²) in [7, 11) is 0. The summed E-state index contributed by atoms with van der Waals surface area (Å²) in [5.41, 5.74) is 8.37. The Balaban J connectivity index is 2.11. The van der Waals surface area contributed by atoms with Gasteiger partial charge >= 0.3 is 0 Å². The van der Waals surface area contributed by atoms with Crippen LogP contribution in [0, 0.1) is 6.92 Å². The third kappa shape index (κ3) is 1.40. The highest BCUT2D eigenvalue weighted by Gasteiger charge is 2.35. The number of aromatic amines is 1. The van der Waals surface area contributed by atoms with Gasteiger partial charge in [-0.25, -0.2) is 9.97 Å². The molecule has 1 atom stereocenters. The van der Waals surface area contributed by atoms with Gasteiger partial charge in [0.2, 0.25) is 0 Å². The predicted octanol–water partition coefficient (Wildman–Crippen LogP) is 0.841. The van der Waals surface area contributed by atoms with Crippen molar-refractivity contribution in [2.24, 2.45) is 5.73 Å². The fraction of sp³-hybridized carbons (Fsp3) is 0.455. The van der Waals surface area contributed by atoms with Gasteiger partial charge in [0.15, 0.2) is 5.65 Å². The summed E-state index contributed by atoms with van der Waals surface area (Å²) in [6, 6.07) is 3.94. The number of aromatic nitrogens is 3. The van der Waals surface area contributed by atoms with Crippen LogP contribution in [0.3, 0.4) is 0 Å². The standard InChI is InChI=1S/C11H14N4O/c1-7-2-3-8-9(13-7)15-10(14-8)11(12)4-5-16-6-11/h2-3H,4-6,12H2,1H3,(H,13,14,15). The van der Waals surface area contributed by atoms with Crippen molar-refractivity contribution < 1.29 is 4.74 Å². The van der Waals surface area contributed by atoms with Gasteiger partial charge in [-0.05, 0) is 25.5 Å². The van der Waals surface area contributed by atoms with Gasteiger partial charge in [0.05, 0.1) is 12.1 Å². The zero-order valence-electron chi connectivity index (χ0n) is 9.16. The zero-order chi connectivity index (χ0) is 11.2. The van der Waals surface area contributed by atoms with Crippen LogP contribution < -0.4 is 5.73 Å². The number of hydrogen-bond acceptors (Lipinski definition) is 4. The number of nitrogens with two attached hydrogens (primary N) is 1. The molecule has 1 fully saturated rings. The summed E-state index contributed by atoms with van der Waals surface area (Å²) in [5, 5.41) is 0. The van der Waals surface area contributed by atoms with Gasteiger partial charge in [0.1, 0.15) is 11.4 Å². The van der Waals surface area contributed by atoms with Crippen LogP contribution in [0.1, 0.15) is 17.9 Å². The molecule has 5 nitrogen and oxygen atoms in total. The monoisotopic (exact) mass is 218 g/mol. The number of nitrogens with zero attached hydrogens (tertiary/aromatic N) is 2. The first-order valence-electron chi connectivity index (χ1n) is 5.38. The summed E-state index contributed by atoms with van der Waals surface area (Å²) in [6.07, 6.45) is 0.797. The summed E-state index contributed by atoms with van der Waals surface area (Å²) >= 11 is 0. The molecule has 3 heterocycles. The number of imidazole rings is 1. The van der Waals surface area contributed by atoms with Crippen molar-refractivity contribution in [1.29, 1.82) is 0 Å². The number of rotatable bonds is 1. The second kappa shape index (κ2) is 3.26. The van der Waals surface area contributed by atoms with E-state index in [9.17, 15) is 0 Å². The lowest BCUT2D eigenvalue weighted by molar-refractivity contribution is 0.176. The van der Waals surface area contributed by atoms with Crippen molar-refractivity contribution in [3.05, 3.63) is 23.7 Å². The first kappa shape index (κ1) is 9.74. The topological polar surface area (TPSA) is 76.8 Å². The average Bonchev–Trinajstić information content (AvgIpc) is 2.84. The molecule has 0 bridgehead atoms. The van der Waals surface area contributed by atoms with Gasteiger partial charge in [-0.15, -0.1) is 0 Å². The number of hydrogen-bond donors (Lipinski definition) is 2. The fourth-order valence-corrected chi connectivity index (χ4v) is 1.99. The molecule has 1 unspecified atom stereocenters. The van der Waals surface area contributed by atoms with Crippen LogP contribution in [0.25, 0.3) is 11.2 Å². The number of pyridine rings is 1. The van der Waals surface area contributed by atoms with Crippen molar-refractivity contribution in [3.8, 4) is 0 Å². The quantitative estimate of drug-likeness (QED) is 0.743. The molecular weight excluding hydrogens is 204 g/mol. The number of H-pyrrole nitrogens is 1. The van der Waals surface area contributed by atoms with Gasteiger partial charge in [0, 0.05) is 12.3 Å². The molecule has 3 N–H and O–H groups in total. The van der Waals surface area contributed by atoms with E-state index in [0.717, 1.165) is 29.1 Å². The van der Waals surface area contributed by atoms with Crippen molar-refractivity contribution >= 4 is 11.2 Å². The van der Waals surface area contributed by atoms with Crippen molar-refractivity contribution in [1.82, 2.24) is 15.0 Å². The fourth-order valence-electron chi connectivity index (χ4n) is 1.99. The summed E-state index contributed by atoms with van der Waals surface area (Å²) in [4.78, 5) is 12.0. The molecule has 2 aromatic rings. The van der Waals surface area contributed by atoms with E-state index in [0.29, 0.717) is 13.2 Å². The van der Waals surface area contributed by atoms with Gasteiger partial charge in [-0.1, -0.05) is 0 Å². The summed E-state index contributed by atoms with van der Waals surface area (Å²) < 4.78 is 5.33. The number of nitrogens with one attached hydrogen (secondary N) is 1. The Morgan fingerprint density at radius 2 is 2.31 bits per heavy atom. The Hall–Kier alpha value is -1.46.